The van der Waals surface area contributed by atoms with E-state index in [2.05, 4.69) is 15.4 Å². The number of fused-ring (bicyclic) bond motifs is 1. The van der Waals surface area contributed by atoms with Crippen LogP contribution in [0.15, 0.2) is 28.9 Å². The Hall–Kier alpha value is -2.63. The molecule has 3 rings (SSSR count). The van der Waals surface area contributed by atoms with Crippen molar-refractivity contribution >= 4 is 17.2 Å². The summed E-state index contributed by atoms with van der Waals surface area (Å²) in [4.78, 5) is 16.4. The molecule has 0 radical (unpaired) electrons. The van der Waals surface area contributed by atoms with Crippen LogP contribution in [0.5, 0.6) is 0 Å². The molecule has 1 N–H and O–H groups in total. The molecule has 20 heavy (non-hydrogen) atoms. The van der Waals surface area contributed by atoms with Crippen LogP contribution in [0.1, 0.15) is 27.6 Å². The van der Waals surface area contributed by atoms with E-state index in [0.29, 0.717) is 22.8 Å². The zero-order valence-corrected chi connectivity index (χ0v) is 11.5. The van der Waals surface area contributed by atoms with E-state index in [1.807, 2.05) is 19.9 Å². The highest BCUT2D eigenvalue weighted by Gasteiger charge is 2.14. The number of hydrogen-bond acceptors (Lipinski definition) is 4. The van der Waals surface area contributed by atoms with Gasteiger partial charge in [-0.2, -0.15) is 5.10 Å². The lowest BCUT2D eigenvalue weighted by Crippen LogP contribution is -2.13. The van der Waals surface area contributed by atoms with Gasteiger partial charge in [0.15, 0.2) is 5.65 Å². The highest BCUT2D eigenvalue weighted by Crippen LogP contribution is 2.16. The Labute approximate surface area is 115 Å². The summed E-state index contributed by atoms with van der Waals surface area (Å²) in [5.41, 5.74) is 2.74. The first-order chi connectivity index (χ1) is 9.52. The number of aryl methyl sites for hydroxylation is 3. The van der Waals surface area contributed by atoms with Crippen molar-refractivity contribution in [1.29, 1.82) is 0 Å². The van der Waals surface area contributed by atoms with Crippen molar-refractivity contribution in [3.05, 3.63) is 47.3 Å². The predicted octanol–water partition coefficient (Wildman–Crippen LogP) is 2.50. The third-order valence-corrected chi connectivity index (χ3v) is 2.98. The van der Waals surface area contributed by atoms with Gasteiger partial charge in [-0.1, -0.05) is 0 Å². The van der Waals surface area contributed by atoms with Crippen molar-refractivity contribution in [3.63, 3.8) is 0 Å². The minimum Gasteiger partial charge on any atom is -0.466 e. The van der Waals surface area contributed by atoms with Gasteiger partial charge in [-0.15, -0.1) is 0 Å². The number of nitrogens with one attached hydrogen (secondary N) is 1. The molecule has 0 atom stereocenters. The van der Waals surface area contributed by atoms with E-state index in [1.165, 1.54) is 0 Å². The van der Waals surface area contributed by atoms with E-state index in [4.69, 9.17) is 4.42 Å². The Morgan fingerprint density at radius 2 is 2.10 bits per heavy atom. The maximum Gasteiger partial charge on any atom is 0.259 e. The lowest BCUT2D eigenvalue weighted by molar-refractivity contribution is 0.102. The lowest BCUT2D eigenvalue weighted by Gasteiger charge is -2.04. The van der Waals surface area contributed by atoms with Crippen LogP contribution < -0.4 is 5.32 Å². The minimum atomic E-state index is -0.218. The van der Waals surface area contributed by atoms with Crippen LogP contribution in [0.25, 0.3) is 5.65 Å². The first-order valence-electron chi connectivity index (χ1n) is 6.23. The van der Waals surface area contributed by atoms with Crippen LogP contribution in [0, 0.1) is 20.8 Å². The molecule has 1 amide bonds. The maximum absolute atomic E-state index is 12.2. The summed E-state index contributed by atoms with van der Waals surface area (Å²) < 4.78 is 6.99. The highest BCUT2D eigenvalue weighted by atomic mass is 16.3. The topological polar surface area (TPSA) is 72.4 Å². The molecule has 0 aliphatic heterocycles. The van der Waals surface area contributed by atoms with Crippen molar-refractivity contribution in [2.45, 2.75) is 20.8 Å². The van der Waals surface area contributed by atoms with E-state index >= 15 is 0 Å². The number of anilines is 1. The quantitative estimate of drug-likeness (QED) is 0.776. The molecule has 6 nitrogen and oxygen atoms in total. The summed E-state index contributed by atoms with van der Waals surface area (Å²) in [6.07, 6.45) is 3.34. The molecule has 0 aliphatic carbocycles. The zero-order chi connectivity index (χ0) is 14.3. The SMILES string of the molecule is Cc1cc2ncc(NC(=O)c3cc(C)oc3C)cn2n1. The number of nitrogens with zero attached hydrogens (tertiary/aromatic N) is 3. The zero-order valence-electron chi connectivity index (χ0n) is 11.5. The first-order valence-corrected chi connectivity index (χ1v) is 6.23. The molecule has 3 heterocycles. The van der Waals surface area contributed by atoms with E-state index < -0.39 is 0 Å². The third-order valence-electron chi connectivity index (χ3n) is 2.98. The maximum atomic E-state index is 12.2. The number of furan rings is 1. The van der Waals surface area contributed by atoms with Crippen molar-refractivity contribution in [3.8, 4) is 0 Å². The molecule has 0 saturated carbocycles. The molecule has 6 heteroatoms. The fraction of sp³-hybridized carbons (Fsp3) is 0.214. The van der Waals surface area contributed by atoms with Crippen LogP contribution in [0.2, 0.25) is 0 Å². The first kappa shape index (κ1) is 12.4. The summed E-state index contributed by atoms with van der Waals surface area (Å²) in [6, 6.07) is 3.59. The Kier molecular flexibility index (Phi) is 2.78. The summed E-state index contributed by atoms with van der Waals surface area (Å²) in [7, 11) is 0. The number of rotatable bonds is 2. The normalized spacial score (nSPS) is 10.9. The Balaban J connectivity index is 1.88. The second kappa shape index (κ2) is 4.48. The number of aromatic nitrogens is 3. The number of amides is 1. The van der Waals surface area contributed by atoms with E-state index in [-0.39, 0.29) is 5.91 Å². The van der Waals surface area contributed by atoms with Gasteiger partial charge in [-0.05, 0) is 26.8 Å². The summed E-state index contributed by atoms with van der Waals surface area (Å²) in [5.74, 6) is 1.09. The van der Waals surface area contributed by atoms with Gasteiger partial charge in [0.05, 0.1) is 29.3 Å². The fourth-order valence-electron chi connectivity index (χ4n) is 2.11. The molecule has 0 saturated heterocycles. The number of carbonyl (C=O) groups is 1. The van der Waals surface area contributed by atoms with Crippen molar-refractivity contribution in [2.75, 3.05) is 5.32 Å². The molecule has 0 aliphatic rings. The van der Waals surface area contributed by atoms with Gasteiger partial charge in [-0.3, -0.25) is 4.79 Å². The van der Waals surface area contributed by atoms with E-state index in [9.17, 15) is 4.79 Å². The van der Waals surface area contributed by atoms with Gasteiger partial charge in [0.25, 0.3) is 5.91 Å². The standard InChI is InChI=1S/C14H14N4O2/c1-8-4-13-15-6-11(7-18(13)17-8)16-14(19)12-5-9(2)20-10(12)3/h4-7H,1-3H3,(H,16,19). The second-order valence-corrected chi connectivity index (χ2v) is 4.71. The van der Waals surface area contributed by atoms with Gasteiger partial charge in [-0.25, -0.2) is 9.50 Å². The number of carbonyl (C=O) groups excluding carboxylic acids is 1. The van der Waals surface area contributed by atoms with Gasteiger partial charge < -0.3 is 9.73 Å². The molecular weight excluding hydrogens is 256 g/mol. The van der Waals surface area contributed by atoms with Crippen molar-refractivity contribution in [2.24, 2.45) is 0 Å². The Morgan fingerprint density at radius 1 is 1.30 bits per heavy atom. The third kappa shape index (κ3) is 2.16. The molecule has 102 valence electrons. The Bertz CT molecular complexity index is 801. The molecule has 0 aromatic carbocycles. The predicted molar refractivity (Wildman–Crippen MR) is 73.9 cm³/mol. The van der Waals surface area contributed by atoms with Crippen LogP contribution in [0.4, 0.5) is 5.69 Å². The van der Waals surface area contributed by atoms with Crippen LogP contribution >= 0.6 is 0 Å². The lowest BCUT2D eigenvalue weighted by atomic mass is 10.2. The second-order valence-electron chi connectivity index (χ2n) is 4.71. The minimum absolute atomic E-state index is 0.218. The van der Waals surface area contributed by atoms with Crippen molar-refractivity contribution < 1.29 is 9.21 Å². The Morgan fingerprint density at radius 3 is 2.80 bits per heavy atom. The van der Waals surface area contributed by atoms with Crippen LogP contribution in [0.3, 0.4) is 0 Å². The van der Waals surface area contributed by atoms with E-state index in [1.54, 1.807) is 29.9 Å². The van der Waals surface area contributed by atoms with Crippen molar-refractivity contribution in [1.82, 2.24) is 14.6 Å². The molecule has 0 bridgehead atoms. The average molecular weight is 270 g/mol. The largest absolute Gasteiger partial charge is 0.466 e. The average Bonchev–Trinajstić information content (AvgIpc) is 2.90. The summed E-state index contributed by atoms with van der Waals surface area (Å²) >= 11 is 0. The molecule has 0 fully saturated rings. The molecular formula is C14H14N4O2. The highest BCUT2D eigenvalue weighted by molar-refractivity contribution is 6.04. The smallest absolute Gasteiger partial charge is 0.259 e. The van der Waals surface area contributed by atoms with Gasteiger partial charge in [0.1, 0.15) is 11.5 Å². The van der Waals surface area contributed by atoms with Gasteiger partial charge in [0, 0.05) is 6.07 Å². The molecule has 0 spiro atoms. The molecule has 0 unspecified atom stereocenters. The molecule has 3 aromatic heterocycles. The fourth-order valence-corrected chi connectivity index (χ4v) is 2.11. The van der Waals surface area contributed by atoms with Gasteiger partial charge in [0.2, 0.25) is 0 Å². The van der Waals surface area contributed by atoms with Gasteiger partial charge >= 0.3 is 0 Å². The van der Waals surface area contributed by atoms with E-state index in [0.717, 1.165) is 11.3 Å². The monoisotopic (exact) mass is 270 g/mol. The summed E-state index contributed by atoms with van der Waals surface area (Å²) in [5, 5.41) is 7.05. The van der Waals surface area contributed by atoms with Crippen LogP contribution in [-0.2, 0) is 0 Å². The molecule has 3 aromatic rings. The van der Waals surface area contributed by atoms with Crippen LogP contribution in [-0.4, -0.2) is 20.5 Å². The number of hydrogen-bond donors (Lipinski definition) is 1. The summed E-state index contributed by atoms with van der Waals surface area (Å²) in [6.45, 7) is 5.47.